The number of pyridine rings is 1. The molecule has 0 radical (unpaired) electrons. The largest absolute Gasteiger partial charge is 0.404 e. The first-order valence-electron chi connectivity index (χ1n) is 11.5. The topological polar surface area (TPSA) is 123 Å². The van der Waals surface area contributed by atoms with Crippen molar-refractivity contribution in [2.24, 2.45) is 5.73 Å². The lowest BCUT2D eigenvalue weighted by Crippen LogP contribution is -2.26. The summed E-state index contributed by atoms with van der Waals surface area (Å²) in [6.45, 7) is 3.72. The third-order valence-corrected chi connectivity index (χ3v) is 6.12. The molecule has 0 saturated heterocycles. The summed E-state index contributed by atoms with van der Waals surface area (Å²) in [6.07, 6.45) is 7.45. The van der Waals surface area contributed by atoms with Crippen LogP contribution in [0.5, 0.6) is 0 Å². The van der Waals surface area contributed by atoms with Gasteiger partial charge < -0.3 is 10.8 Å². The van der Waals surface area contributed by atoms with E-state index in [-0.39, 0.29) is 11.3 Å². The zero-order valence-corrected chi connectivity index (χ0v) is 21.8. The molecule has 0 aliphatic rings. The fourth-order valence-corrected chi connectivity index (χ4v) is 4.53. The number of halogens is 2. The fourth-order valence-electron chi connectivity index (χ4n) is 3.98. The highest BCUT2D eigenvalue weighted by molar-refractivity contribution is 7.92. The summed E-state index contributed by atoms with van der Waals surface area (Å²) in [5.41, 5.74) is 8.66. The van der Waals surface area contributed by atoms with Crippen molar-refractivity contribution in [2.75, 3.05) is 11.0 Å². The molecule has 0 amide bonds. The summed E-state index contributed by atoms with van der Waals surface area (Å²) in [4.78, 5) is 4.53. The van der Waals surface area contributed by atoms with E-state index in [2.05, 4.69) is 14.8 Å². The maximum Gasteiger partial charge on any atom is 0.229 e. The lowest BCUT2D eigenvalue weighted by molar-refractivity contribution is 0.0577. The van der Waals surface area contributed by atoms with Gasteiger partial charge in [-0.25, -0.2) is 17.2 Å². The smallest absolute Gasteiger partial charge is 0.229 e. The summed E-state index contributed by atoms with van der Waals surface area (Å²) in [5, 5.41) is 14.3. The summed E-state index contributed by atoms with van der Waals surface area (Å²) in [5.74, 6) is -1.52. The lowest BCUT2D eigenvalue weighted by atomic mass is 9.96. The molecule has 38 heavy (non-hydrogen) atoms. The minimum absolute atomic E-state index is 0.0903. The van der Waals surface area contributed by atoms with Crippen LogP contribution in [-0.2, 0) is 16.6 Å². The normalized spacial score (nSPS) is 12.5. The van der Waals surface area contributed by atoms with Crippen LogP contribution in [0.3, 0.4) is 0 Å². The van der Waals surface area contributed by atoms with Gasteiger partial charge in [-0.15, -0.1) is 0 Å². The number of nitrogens with one attached hydrogen (secondary N) is 1. The third-order valence-electron chi connectivity index (χ3n) is 5.51. The monoisotopic (exact) mass is 539 g/mol. The zero-order chi connectivity index (χ0) is 27.7. The van der Waals surface area contributed by atoms with Gasteiger partial charge in [0.2, 0.25) is 10.0 Å². The minimum atomic E-state index is -3.65. The number of aromatic nitrogens is 3. The van der Waals surface area contributed by atoms with Gasteiger partial charge in [0.15, 0.2) is 0 Å². The van der Waals surface area contributed by atoms with Crippen LogP contribution in [0.1, 0.15) is 25.1 Å². The number of anilines is 1. The SMILES string of the molecule is CC(C)(O)Cn1cc(-c2ccc(C(=CN)c3cc(NS(C)(=O)=O)cc(-c4ccc(F)cc4F)c3)nc2)cn1. The molecule has 8 nitrogen and oxygen atoms in total. The highest BCUT2D eigenvalue weighted by Gasteiger charge is 2.16. The number of sulfonamides is 1. The van der Waals surface area contributed by atoms with E-state index in [0.717, 1.165) is 29.5 Å². The molecule has 0 aliphatic heterocycles. The van der Waals surface area contributed by atoms with E-state index < -0.39 is 27.3 Å². The predicted octanol–water partition coefficient (Wildman–Crippen LogP) is 4.38. The Labute approximate surface area is 219 Å². The van der Waals surface area contributed by atoms with Crippen LogP contribution in [0.4, 0.5) is 14.5 Å². The molecule has 0 bridgehead atoms. The van der Waals surface area contributed by atoms with Crippen molar-refractivity contribution in [3.63, 3.8) is 0 Å². The standard InChI is InChI=1S/C27H27F2N5O3S/c1-27(2,35)16-34-15-20(14-32-34)17-4-7-26(31-13-17)24(12-30)19-8-18(9-22(10-19)33-38(3,36)37)23-6-5-21(28)11-25(23)29/h4-15,33,35H,16,30H2,1-3H3. The number of nitrogens with two attached hydrogens (primary N) is 1. The first-order valence-corrected chi connectivity index (χ1v) is 13.4. The van der Waals surface area contributed by atoms with E-state index in [9.17, 15) is 22.3 Å². The van der Waals surface area contributed by atoms with Gasteiger partial charge >= 0.3 is 0 Å². The first kappa shape index (κ1) is 27.0. The number of aliphatic hydroxyl groups is 1. The highest BCUT2D eigenvalue weighted by Crippen LogP contribution is 2.33. The number of rotatable bonds is 8. The van der Waals surface area contributed by atoms with Crippen LogP contribution in [0.2, 0.25) is 0 Å². The number of hydrogen-bond donors (Lipinski definition) is 3. The Hall–Kier alpha value is -4.09. The van der Waals surface area contributed by atoms with E-state index in [4.69, 9.17) is 5.73 Å². The Balaban J connectivity index is 1.72. The van der Waals surface area contributed by atoms with E-state index in [1.165, 1.54) is 18.3 Å². The van der Waals surface area contributed by atoms with Gasteiger partial charge in [-0.05, 0) is 61.4 Å². The molecule has 4 N–H and O–H groups in total. The van der Waals surface area contributed by atoms with E-state index in [1.807, 2.05) is 6.07 Å². The van der Waals surface area contributed by atoms with Crippen molar-refractivity contribution in [1.82, 2.24) is 14.8 Å². The van der Waals surface area contributed by atoms with Gasteiger partial charge in [0.1, 0.15) is 11.6 Å². The Morgan fingerprint density at radius 2 is 1.84 bits per heavy atom. The lowest BCUT2D eigenvalue weighted by Gasteiger charge is -2.16. The van der Waals surface area contributed by atoms with Crippen molar-refractivity contribution in [1.29, 1.82) is 0 Å². The molecule has 4 aromatic rings. The van der Waals surface area contributed by atoms with Gasteiger partial charge in [0, 0.05) is 52.6 Å². The molecule has 0 unspecified atom stereocenters. The second-order valence-electron chi connectivity index (χ2n) is 9.55. The average molecular weight is 540 g/mol. The molecule has 198 valence electrons. The van der Waals surface area contributed by atoms with Gasteiger partial charge in [-0.2, -0.15) is 5.10 Å². The zero-order valence-electron chi connectivity index (χ0n) is 21.0. The van der Waals surface area contributed by atoms with Gasteiger partial charge in [0.05, 0.1) is 30.3 Å². The van der Waals surface area contributed by atoms with Crippen molar-refractivity contribution < 1.29 is 22.3 Å². The molecule has 0 aliphatic carbocycles. The second-order valence-corrected chi connectivity index (χ2v) is 11.3. The van der Waals surface area contributed by atoms with Gasteiger partial charge in [-0.3, -0.25) is 14.4 Å². The maximum atomic E-state index is 14.6. The third kappa shape index (κ3) is 6.61. The summed E-state index contributed by atoms with van der Waals surface area (Å²) < 4.78 is 56.0. The molecule has 2 aromatic heterocycles. The van der Waals surface area contributed by atoms with Crippen LogP contribution in [-0.4, -0.2) is 40.1 Å². The molecule has 2 aromatic carbocycles. The fraction of sp³-hybridized carbons (Fsp3) is 0.185. The van der Waals surface area contributed by atoms with E-state index in [0.29, 0.717) is 28.9 Å². The Bertz CT molecular complexity index is 1610. The Morgan fingerprint density at radius 1 is 1.08 bits per heavy atom. The maximum absolute atomic E-state index is 14.6. The Morgan fingerprint density at radius 3 is 2.45 bits per heavy atom. The van der Waals surface area contributed by atoms with Gasteiger partial charge in [-0.1, -0.05) is 6.07 Å². The summed E-state index contributed by atoms with van der Waals surface area (Å²) >= 11 is 0. The second kappa shape index (κ2) is 10.3. The van der Waals surface area contributed by atoms with Gasteiger partial charge in [0.25, 0.3) is 0 Å². The van der Waals surface area contributed by atoms with Crippen LogP contribution < -0.4 is 10.5 Å². The molecule has 0 spiro atoms. The number of benzene rings is 2. The highest BCUT2D eigenvalue weighted by atomic mass is 32.2. The number of nitrogens with zero attached hydrogens (tertiary/aromatic N) is 3. The molecule has 4 rings (SSSR count). The van der Waals surface area contributed by atoms with Crippen LogP contribution >= 0.6 is 0 Å². The minimum Gasteiger partial charge on any atom is -0.404 e. The first-order chi connectivity index (χ1) is 17.8. The van der Waals surface area contributed by atoms with Crippen LogP contribution in [0.25, 0.3) is 27.8 Å². The molecular formula is C27H27F2N5O3S. The van der Waals surface area contributed by atoms with Crippen LogP contribution in [0.15, 0.2) is 73.3 Å². The number of hydrogen-bond acceptors (Lipinski definition) is 6. The van der Waals surface area contributed by atoms with E-state index in [1.54, 1.807) is 55.3 Å². The van der Waals surface area contributed by atoms with Crippen molar-refractivity contribution in [3.8, 4) is 22.3 Å². The predicted molar refractivity (Wildman–Crippen MR) is 143 cm³/mol. The molecule has 2 heterocycles. The van der Waals surface area contributed by atoms with Crippen molar-refractivity contribution in [3.05, 3.63) is 96.2 Å². The van der Waals surface area contributed by atoms with Crippen LogP contribution in [0, 0.1) is 11.6 Å². The quantitative estimate of drug-likeness (QED) is 0.305. The summed E-state index contributed by atoms with van der Waals surface area (Å²) in [6, 6.07) is 11.4. The van der Waals surface area contributed by atoms with Crippen molar-refractivity contribution >= 4 is 21.3 Å². The van der Waals surface area contributed by atoms with E-state index >= 15 is 0 Å². The van der Waals surface area contributed by atoms with Crippen molar-refractivity contribution in [2.45, 2.75) is 26.0 Å². The molecule has 0 saturated carbocycles. The Kier molecular flexibility index (Phi) is 7.34. The average Bonchev–Trinajstić information content (AvgIpc) is 3.25. The summed E-state index contributed by atoms with van der Waals surface area (Å²) in [7, 11) is -3.65. The molecule has 11 heteroatoms. The molecular weight excluding hydrogens is 512 g/mol. The molecule has 0 atom stereocenters. The molecule has 0 fully saturated rings.